The first-order chi connectivity index (χ1) is 2.50. The van der Waals surface area contributed by atoms with Crippen LogP contribution in [-0.4, -0.2) is 0 Å². The minimum Gasteiger partial charge on any atom is -0.393 e. The molecule has 1 aliphatic rings. The van der Waals surface area contributed by atoms with Crippen molar-refractivity contribution in [2.45, 2.75) is 0 Å². The van der Waals surface area contributed by atoms with E-state index in [4.69, 9.17) is 0 Å². The van der Waals surface area contributed by atoms with Crippen LogP contribution in [-0.2, 0) is 4.84 Å². The van der Waals surface area contributed by atoms with E-state index in [9.17, 15) is 0 Å². The Morgan fingerprint density at radius 2 is 2.80 bits per heavy atom. The van der Waals surface area contributed by atoms with Crippen LogP contribution in [0.3, 0.4) is 0 Å². The van der Waals surface area contributed by atoms with Crippen molar-refractivity contribution in [3.63, 3.8) is 0 Å². The van der Waals surface area contributed by atoms with Crippen molar-refractivity contribution in [3.05, 3.63) is 12.5 Å². The quantitative estimate of drug-likeness (QED) is 0.418. The molecule has 0 aromatic rings. The van der Waals surface area contributed by atoms with Gasteiger partial charge in [-0.05, 0) is 5.59 Å². The summed E-state index contributed by atoms with van der Waals surface area (Å²) in [4.78, 5) is 4.35. The number of nitrogens with zero attached hydrogens (tertiary/aromatic N) is 1. The van der Waals surface area contributed by atoms with Gasteiger partial charge < -0.3 is 4.84 Å². The van der Waals surface area contributed by atoms with Crippen LogP contribution in [0.25, 0.3) is 0 Å². The third kappa shape index (κ3) is 0.302. The molecule has 0 saturated heterocycles. The Balaban J connectivity index is 2.32. The van der Waals surface area contributed by atoms with E-state index < -0.39 is 0 Å². The van der Waals surface area contributed by atoms with Gasteiger partial charge in [-0.15, -0.1) is 0 Å². The van der Waals surface area contributed by atoms with Crippen molar-refractivity contribution in [3.8, 4) is 0 Å². The highest BCUT2D eigenvalue weighted by atomic mass is 16.7. The Morgan fingerprint density at radius 3 is 3.00 bits per heavy atom. The maximum Gasteiger partial charge on any atom is 0.133 e. The number of rotatable bonds is 0. The summed E-state index contributed by atoms with van der Waals surface area (Å²) < 4.78 is 0. The highest BCUT2D eigenvalue weighted by molar-refractivity contribution is 4.68. The fourth-order valence-corrected chi connectivity index (χ4v) is 0.152. The molecule has 0 unspecified atom stereocenters. The highest BCUT2D eigenvalue weighted by Crippen LogP contribution is 1.73. The van der Waals surface area contributed by atoms with Crippen LogP contribution in [0.4, 0.5) is 0 Å². The van der Waals surface area contributed by atoms with Crippen LogP contribution in [0.5, 0.6) is 0 Å². The molecular formula is C2H3N2O. The molecule has 1 radical (unpaired) electrons. The predicted molar refractivity (Wildman–Crippen MR) is 15.5 cm³/mol. The number of hydrogen-bond acceptors (Lipinski definition) is 2. The molecule has 0 aromatic carbocycles. The minimum absolute atomic E-state index is 1.46. The van der Waals surface area contributed by atoms with Crippen molar-refractivity contribution in [1.29, 1.82) is 0 Å². The van der Waals surface area contributed by atoms with E-state index in [1.54, 1.807) is 0 Å². The lowest BCUT2D eigenvalue weighted by molar-refractivity contribution is 0.135. The molecule has 27 valence electrons. The van der Waals surface area contributed by atoms with Gasteiger partial charge >= 0.3 is 0 Å². The van der Waals surface area contributed by atoms with E-state index >= 15 is 0 Å². The zero-order chi connectivity index (χ0) is 3.54. The lowest BCUT2D eigenvalue weighted by atomic mass is 11.0. The number of nitrogens with one attached hydrogen (secondary N) is 1. The lowest BCUT2D eigenvalue weighted by Crippen LogP contribution is -2.09. The lowest BCUT2D eigenvalue weighted by Gasteiger charge is -1.81. The highest BCUT2D eigenvalue weighted by Gasteiger charge is 1.81. The van der Waals surface area contributed by atoms with Crippen LogP contribution in [0.15, 0.2) is 12.5 Å². The van der Waals surface area contributed by atoms with Crippen LogP contribution < -0.4 is 11.0 Å². The molecule has 0 aromatic heterocycles. The second-order valence-corrected chi connectivity index (χ2v) is 0.623. The van der Waals surface area contributed by atoms with Crippen LogP contribution in [0, 0.1) is 0 Å². The first kappa shape index (κ1) is 2.53. The second-order valence-electron chi connectivity index (χ2n) is 0.623. The summed E-state index contributed by atoms with van der Waals surface area (Å²) >= 11 is 0. The average molecular weight is 71.1 g/mol. The summed E-state index contributed by atoms with van der Waals surface area (Å²) in [5.41, 5.74) is 5.67. The fraction of sp³-hybridized carbons (Fsp3) is 0. The van der Waals surface area contributed by atoms with E-state index in [1.165, 1.54) is 12.5 Å². The standard InChI is InChI=1S/C2H3N2O/c1-2-5-4-3-1/h1-2,4H. The zero-order valence-electron chi connectivity index (χ0n) is 2.51. The Bertz CT molecular complexity index is 45.6. The molecule has 3 nitrogen and oxygen atoms in total. The molecule has 1 aliphatic heterocycles. The Hall–Kier alpha value is -0.700. The van der Waals surface area contributed by atoms with Crippen molar-refractivity contribution < 1.29 is 4.84 Å². The van der Waals surface area contributed by atoms with E-state index in [2.05, 4.69) is 15.9 Å². The molecule has 1 rings (SSSR count). The third-order valence-electron chi connectivity index (χ3n) is 0.309. The van der Waals surface area contributed by atoms with Gasteiger partial charge in [0.05, 0.1) is 6.20 Å². The van der Waals surface area contributed by atoms with Crippen LogP contribution >= 0.6 is 0 Å². The first-order valence-electron chi connectivity index (χ1n) is 1.25. The van der Waals surface area contributed by atoms with Crippen molar-refractivity contribution in [1.82, 2.24) is 11.0 Å². The topological polar surface area (TPSA) is 35.4 Å². The Kier molecular flexibility index (Phi) is 0.478. The van der Waals surface area contributed by atoms with Gasteiger partial charge in [-0.1, -0.05) is 0 Å². The molecule has 5 heavy (non-hydrogen) atoms. The molecule has 0 amide bonds. The van der Waals surface area contributed by atoms with Gasteiger partial charge in [0.15, 0.2) is 0 Å². The van der Waals surface area contributed by atoms with Crippen molar-refractivity contribution >= 4 is 0 Å². The predicted octanol–water partition coefficient (Wildman–Crippen LogP) is -0.488. The maximum absolute atomic E-state index is 4.35. The molecule has 0 spiro atoms. The van der Waals surface area contributed by atoms with Gasteiger partial charge in [-0.2, -0.15) is 5.43 Å². The summed E-state index contributed by atoms with van der Waals surface area (Å²) in [6.07, 6.45) is 2.99. The molecule has 0 fully saturated rings. The van der Waals surface area contributed by atoms with Gasteiger partial charge in [-0.3, -0.25) is 0 Å². The summed E-state index contributed by atoms with van der Waals surface area (Å²) in [7, 11) is 0. The smallest absolute Gasteiger partial charge is 0.133 e. The summed E-state index contributed by atoms with van der Waals surface area (Å²) in [5, 5.41) is 0. The molecule has 0 atom stereocenters. The number of hydrogen-bond donors (Lipinski definition) is 1. The van der Waals surface area contributed by atoms with Crippen LogP contribution in [0.1, 0.15) is 0 Å². The molecule has 1 heterocycles. The monoisotopic (exact) mass is 71.0 g/mol. The van der Waals surface area contributed by atoms with Crippen molar-refractivity contribution in [2.24, 2.45) is 0 Å². The van der Waals surface area contributed by atoms with Gasteiger partial charge in [-0.25, -0.2) is 0 Å². The van der Waals surface area contributed by atoms with E-state index in [1.807, 2.05) is 0 Å². The molecular weight excluding hydrogens is 68.0 g/mol. The molecule has 1 N–H and O–H groups in total. The zero-order valence-corrected chi connectivity index (χ0v) is 2.51. The van der Waals surface area contributed by atoms with E-state index in [0.717, 1.165) is 0 Å². The maximum atomic E-state index is 4.35. The van der Waals surface area contributed by atoms with Crippen molar-refractivity contribution in [2.75, 3.05) is 0 Å². The van der Waals surface area contributed by atoms with Gasteiger partial charge in [0.2, 0.25) is 0 Å². The molecule has 0 bridgehead atoms. The minimum atomic E-state index is 1.46. The van der Waals surface area contributed by atoms with Gasteiger partial charge in [0, 0.05) is 0 Å². The normalized spacial score (nSPS) is 17.6. The van der Waals surface area contributed by atoms with E-state index in [-0.39, 0.29) is 0 Å². The molecule has 0 saturated carbocycles. The third-order valence-corrected chi connectivity index (χ3v) is 0.309. The Morgan fingerprint density at radius 1 is 1.80 bits per heavy atom. The summed E-state index contributed by atoms with van der Waals surface area (Å²) in [6.45, 7) is 0. The second kappa shape index (κ2) is 0.944. The van der Waals surface area contributed by atoms with Gasteiger partial charge in [0.25, 0.3) is 0 Å². The summed E-state index contributed by atoms with van der Waals surface area (Å²) in [5.74, 6) is 0. The fourth-order valence-electron chi connectivity index (χ4n) is 0.152. The van der Waals surface area contributed by atoms with E-state index in [0.29, 0.717) is 0 Å². The molecule has 0 aliphatic carbocycles. The van der Waals surface area contributed by atoms with Gasteiger partial charge in [0.1, 0.15) is 6.26 Å². The largest absolute Gasteiger partial charge is 0.393 e. The average Bonchev–Trinajstić information content (AvgIpc) is 1.76. The molecule has 3 heteroatoms. The van der Waals surface area contributed by atoms with Crippen LogP contribution in [0.2, 0.25) is 0 Å². The first-order valence-corrected chi connectivity index (χ1v) is 1.25. The Labute approximate surface area is 29.5 Å². The SMILES string of the molecule is C1=CON[N]1. The summed E-state index contributed by atoms with van der Waals surface area (Å²) in [6, 6.07) is 0.